The number of likely N-dealkylation sites (tertiary alicyclic amines) is 1. The molecular formula is C28H29ClN2O4. The first-order valence-corrected chi connectivity index (χ1v) is 12.5. The van der Waals surface area contributed by atoms with Crippen molar-refractivity contribution in [1.29, 1.82) is 0 Å². The van der Waals surface area contributed by atoms with E-state index in [1.54, 1.807) is 12.1 Å². The van der Waals surface area contributed by atoms with E-state index in [-0.39, 0.29) is 24.3 Å². The van der Waals surface area contributed by atoms with Gasteiger partial charge in [-0.3, -0.25) is 14.5 Å². The number of hydrogen-bond donors (Lipinski definition) is 1. The first-order valence-electron chi connectivity index (χ1n) is 12.1. The van der Waals surface area contributed by atoms with Crippen molar-refractivity contribution in [1.82, 2.24) is 9.80 Å². The SMILES string of the molecule is Cc1cc(OC[C@H](O)CN2CCC(CN3C(=O)c4cccc5cccc(c45)C3=O)CC2)ccc1Cl. The highest BCUT2D eigenvalue weighted by molar-refractivity contribution is 6.31. The van der Waals surface area contributed by atoms with Crippen LogP contribution in [0.2, 0.25) is 5.02 Å². The van der Waals surface area contributed by atoms with Crippen molar-refractivity contribution in [2.45, 2.75) is 25.9 Å². The summed E-state index contributed by atoms with van der Waals surface area (Å²) in [6.07, 6.45) is 1.13. The van der Waals surface area contributed by atoms with Crippen molar-refractivity contribution < 1.29 is 19.4 Å². The first-order chi connectivity index (χ1) is 16.9. The van der Waals surface area contributed by atoms with Crippen LogP contribution in [0, 0.1) is 12.8 Å². The number of benzene rings is 3. The summed E-state index contributed by atoms with van der Waals surface area (Å²) in [6.45, 7) is 4.70. The van der Waals surface area contributed by atoms with Gasteiger partial charge in [0.05, 0.1) is 0 Å². The van der Waals surface area contributed by atoms with E-state index in [2.05, 4.69) is 4.90 Å². The number of rotatable bonds is 7. The van der Waals surface area contributed by atoms with Gasteiger partial charge in [0.15, 0.2) is 0 Å². The van der Waals surface area contributed by atoms with Gasteiger partial charge in [-0.15, -0.1) is 0 Å². The van der Waals surface area contributed by atoms with Crippen LogP contribution >= 0.6 is 11.6 Å². The molecule has 3 aromatic rings. The molecule has 35 heavy (non-hydrogen) atoms. The Morgan fingerprint density at radius 3 is 2.31 bits per heavy atom. The molecule has 182 valence electrons. The molecule has 0 aromatic heterocycles. The summed E-state index contributed by atoms with van der Waals surface area (Å²) in [5, 5.41) is 12.8. The molecular weight excluding hydrogens is 464 g/mol. The van der Waals surface area contributed by atoms with Gasteiger partial charge in [0.1, 0.15) is 18.5 Å². The van der Waals surface area contributed by atoms with Crippen LogP contribution in [0.15, 0.2) is 54.6 Å². The van der Waals surface area contributed by atoms with Crippen LogP contribution in [0.5, 0.6) is 5.75 Å². The van der Waals surface area contributed by atoms with Gasteiger partial charge in [-0.2, -0.15) is 0 Å². The molecule has 2 amide bonds. The molecule has 2 heterocycles. The highest BCUT2D eigenvalue weighted by atomic mass is 35.5. The number of carbonyl (C=O) groups excluding carboxylic acids is 2. The summed E-state index contributed by atoms with van der Waals surface area (Å²) < 4.78 is 5.73. The lowest BCUT2D eigenvalue weighted by Crippen LogP contribution is -2.46. The van der Waals surface area contributed by atoms with Crippen molar-refractivity contribution in [2.75, 3.05) is 32.8 Å². The molecule has 3 aromatic carbocycles. The number of amides is 2. The predicted molar refractivity (Wildman–Crippen MR) is 136 cm³/mol. The van der Waals surface area contributed by atoms with Crippen molar-refractivity contribution in [2.24, 2.45) is 5.92 Å². The molecule has 0 saturated carbocycles. The maximum absolute atomic E-state index is 13.2. The smallest absolute Gasteiger partial charge is 0.261 e. The van der Waals surface area contributed by atoms with Crippen LogP contribution in [0.25, 0.3) is 10.8 Å². The maximum Gasteiger partial charge on any atom is 0.261 e. The van der Waals surface area contributed by atoms with E-state index >= 15 is 0 Å². The third kappa shape index (κ3) is 4.92. The van der Waals surface area contributed by atoms with E-state index in [1.165, 1.54) is 4.90 Å². The highest BCUT2D eigenvalue weighted by Crippen LogP contribution is 2.31. The average Bonchev–Trinajstić information content (AvgIpc) is 2.86. The van der Waals surface area contributed by atoms with E-state index < -0.39 is 6.10 Å². The maximum atomic E-state index is 13.2. The number of nitrogens with zero attached hydrogens (tertiary/aromatic N) is 2. The predicted octanol–water partition coefficient (Wildman–Crippen LogP) is 4.55. The van der Waals surface area contributed by atoms with Gasteiger partial charge in [0, 0.05) is 34.6 Å². The number of hydrogen-bond acceptors (Lipinski definition) is 5. The van der Waals surface area contributed by atoms with Crippen LogP contribution in [0.1, 0.15) is 39.1 Å². The summed E-state index contributed by atoms with van der Waals surface area (Å²) in [7, 11) is 0. The molecule has 0 bridgehead atoms. The zero-order chi connectivity index (χ0) is 24.5. The van der Waals surface area contributed by atoms with Crippen LogP contribution in [-0.2, 0) is 0 Å². The highest BCUT2D eigenvalue weighted by Gasteiger charge is 2.34. The van der Waals surface area contributed by atoms with Crippen LogP contribution in [-0.4, -0.2) is 65.6 Å². The second-order valence-corrected chi connectivity index (χ2v) is 9.96. The quantitative estimate of drug-likeness (QED) is 0.490. The number of β-amino-alcohol motifs (C(OH)–C–C–N with tert-alkyl or cyclic N) is 1. The summed E-state index contributed by atoms with van der Waals surface area (Å²) in [5.41, 5.74) is 2.15. The Morgan fingerprint density at radius 1 is 1.03 bits per heavy atom. The van der Waals surface area contributed by atoms with Crippen molar-refractivity contribution in [3.8, 4) is 5.75 Å². The second-order valence-electron chi connectivity index (χ2n) is 9.55. The first kappa shape index (κ1) is 23.8. The molecule has 1 atom stereocenters. The summed E-state index contributed by atoms with van der Waals surface area (Å²) in [4.78, 5) is 30.0. The van der Waals surface area contributed by atoms with Gasteiger partial charge in [0.25, 0.3) is 11.8 Å². The number of ether oxygens (including phenoxy) is 1. The normalized spacial score (nSPS) is 17.7. The number of piperidine rings is 1. The minimum atomic E-state index is -0.607. The topological polar surface area (TPSA) is 70.1 Å². The summed E-state index contributed by atoms with van der Waals surface area (Å²) in [6, 6.07) is 16.7. The van der Waals surface area contributed by atoms with Crippen LogP contribution < -0.4 is 4.74 Å². The van der Waals surface area contributed by atoms with Gasteiger partial charge in [-0.1, -0.05) is 35.9 Å². The van der Waals surface area contributed by atoms with E-state index in [4.69, 9.17) is 16.3 Å². The zero-order valence-corrected chi connectivity index (χ0v) is 20.5. The standard InChI is InChI=1S/C28H29ClN2O4/c1-18-14-22(8-9-25(18)29)35-17-21(32)16-30-12-10-19(11-13-30)15-31-27(33)23-6-2-4-20-5-3-7-24(26(20)23)28(31)34/h2-9,14,19,21,32H,10-13,15-17H2,1H3/t21-/m1/s1. The van der Waals surface area contributed by atoms with E-state index in [0.717, 1.165) is 42.3 Å². The Hall–Kier alpha value is -2.93. The number of halogens is 1. The lowest BCUT2D eigenvalue weighted by Gasteiger charge is -2.36. The average molecular weight is 493 g/mol. The summed E-state index contributed by atoms with van der Waals surface area (Å²) >= 11 is 6.05. The van der Waals surface area contributed by atoms with Gasteiger partial charge >= 0.3 is 0 Å². The minimum absolute atomic E-state index is 0.202. The van der Waals surface area contributed by atoms with Gasteiger partial charge < -0.3 is 14.7 Å². The number of aryl methyl sites for hydroxylation is 1. The van der Waals surface area contributed by atoms with Crippen molar-refractivity contribution >= 4 is 34.2 Å². The number of imide groups is 1. The van der Waals surface area contributed by atoms with Gasteiger partial charge in [-0.25, -0.2) is 0 Å². The Bertz CT molecular complexity index is 1220. The van der Waals surface area contributed by atoms with Gasteiger partial charge in [-0.05, 0) is 80.1 Å². The molecule has 0 radical (unpaired) electrons. The fourth-order valence-electron chi connectivity index (χ4n) is 5.11. The Kier molecular flexibility index (Phi) is 6.78. The summed E-state index contributed by atoms with van der Waals surface area (Å²) in [5.74, 6) is 0.533. The molecule has 6 nitrogen and oxygen atoms in total. The largest absolute Gasteiger partial charge is 0.491 e. The molecule has 5 rings (SSSR count). The lowest BCUT2D eigenvalue weighted by atomic mass is 9.91. The van der Waals surface area contributed by atoms with Crippen LogP contribution in [0.4, 0.5) is 0 Å². The molecule has 1 fully saturated rings. The van der Waals surface area contributed by atoms with E-state index in [1.807, 2.05) is 49.4 Å². The van der Waals surface area contributed by atoms with Crippen molar-refractivity contribution in [3.05, 3.63) is 76.3 Å². The molecule has 2 aliphatic rings. The molecule has 2 aliphatic heterocycles. The number of aliphatic hydroxyl groups excluding tert-OH is 1. The monoisotopic (exact) mass is 492 g/mol. The Balaban J connectivity index is 1.14. The third-order valence-electron chi connectivity index (χ3n) is 7.04. The molecule has 0 spiro atoms. The number of carbonyl (C=O) groups is 2. The van der Waals surface area contributed by atoms with Gasteiger partial charge in [0.2, 0.25) is 0 Å². The van der Waals surface area contributed by atoms with E-state index in [0.29, 0.717) is 35.0 Å². The lowest BCUT2D eigenvalue weighted by molar-refractivity contribution is 0.0453. The molecule has 1 N–H and O–H groups in total. The molecule has 7 heteroatoms. The fraction of sp³-hybridized carbons (Fsp3) is 0.357. The molecule has 0 unspecified atom stereocenters. The molecule has 1 saturated heterocycles. The zero-order valence-electron chi connectivity index (χ0n) is 19.7. The number of aliphatic hydroxyl groups is 1. The van der Waals surface area contributed by atoms with E-state index in [9.17, 15) is 14.7 Å². The fourth-order valence-corrected chi connectivity index (χ4v) is 5.22. The Labute approximate surface area is 210 Å². The van der Waals surface area contributed by atoms with Crippen molar-refractivity contribution in [3.63, 3.8) is 0 Å². The third-order valence-corrected chi connectivity index (χ3v) is 7.47. The minimum Gasteiger partial charge on any atom is -0.491 e. The van der Waals surface area contributed by atoms with Crippen LogP contribution in [0.3, 0.4) is 0 Å². The second kappa shape index (κ2) is 9.97. The Morgan fingerprint density at radius 2 is 1.69 bits per heavy atom. The molecule has 0 aliphatic carbocycles.